The van der Waals surface area contributed by atoms with Crippen LogP contribution >= 0.6 is 0 Å². The van der Waals surface area contributed by atoms with E-state index in [4.69, 9.17) is 5.73 Å². The maximum absolute atomic E-state index is 12.7. The Morgan fingerprint density at radius 1 is 1.35 bits per heavy atom. The highest BCUT2D eigenvalue weighted by atomic mass is 19.1. The summed E-state index contributed by atoms with van der Waals surface area (Å²) in [5, 5.41) is 0. The Bertz CT molecular complexity index is 447. The molecule has 0 unspecified atom stereocenters. The Balaban J connectivity index is 1.59. The molecule has 2 N–H and O–H groups in total. The number of rotatable bonds is 1. The van der Waals surface area contributed by atoms with E-state index in [-0.39, 0.29) is 17.3 Å². The van der Waals surface area contributed by atoms with Gasteiger partial charge in [0.15, 0.2) is 0 Å². The minimum atomic E-state index is -0.353. The van der Waals surface area contributed by atoms with Gasteiger partial charge < -0.3 is 15.5 Å². The first-order valence-corrected chi connectivity index (χ1v) is 5.49. The van der Waals surface area contributed by atoms with Crippen LogP contribution in [0, 0.1) is 11.2 Å². The van der Waals surface area contributed by atoms with E-state index in [2.05, 4.69) is 9.88 Å². The van der Waals surface area contributed by atoms with Gasteiger partial charge in [0.2, 0.25) is 0 Å². The normalized spacial score (nSPS) is 21.0. The molecule has 2 aliphatic rings. The summed E-state index contributed by atoms with van der Waals surface area (Å²) in [6, 6.07) is 2.73. The van der Waals surface area contributed by atoms with Gasteiger partial charge in [0.1, 0.15) is 11.6 Å². The predicted molar refractivity (Wildman–Crippen MR) is 60.0 cm³/mol. The summed E-state index contributed by atoms with van der Waals surface area (Å²) >= 11 is 0. The van der Waals surface area contributed by atoms with Gasteiger partial charge in [0, 0.05) is 31.6 Å². The average molecular weight is 236 g/mol. The summed E-state index contributed by atoms with van der Waals surface area (Å²) in [6.07, 6.45) is 1.22. The van der Waals surface area contributed by atoms with Crippen LogP contribution in [-0.2, 0) is 0 Å². The summed E-state index contributed by atoms with van der Waals surface area (Å²) < 4.78 is 12.7. The molecule has 1 aromatic rings. The molecule has 1 aromatic heterocycles. The van der Waals surface area contributed by atoms with Crippen LogP contribution in [0.1, 0.15) is 0 Å². The number of carbonyl (C=O) groups is 1. The highest BCUT2D eigenvalue weighted by Crippen LogP contribution is 2.40. The van der Waals surface area contributed by atoms with Gasteiger partial charge in [-0.15, -0.1) is 0 Å². The molecule has 2 saturated heterocycles. The van der Waals surface area contributed by atoms with Crippen molar-refractivity contribution >= 4 is 11.8 Å². The number of hydrogen-bond acceptors (Lipinski definition) is 3. The smallest absolute Gasteiger partial charge is 0.314 e. The zero-order valence-electron chi connectivity index (χ0n) is 9.27. The second-order valence-corrected chi connectivity index (χ2v) is 4.88. The van der Waals surface area contributed by atoms with Crippen LogP contribution in [-0.4, -0.2) is 42.1 Å². The van der Waals surface area contributed by atoms with E-state index in [1.807, 2.05) is 0 Å². The second-order valence-electron chi connectivity index (χ2n) is 4.88. The zero-order valence-corrected chi connectivity index (χ0v) is 9.27. The SMILES string of the molecule is NC(=O)N1CC2(C1)CN(c1ccc(F)cn1)C2. The number of anilines is 1. The van der Waals surface area contributed by atoms with Crippen molar-refractivity contribution in [1.82, 2.24) is 9.88 Å². The van der Waals surface area contributed by atoms with Crippen molar-refractivity contribution in [3.63, 3.8) is 0 Å². The lowest BCUT2D eigenvalue weighted by molar-refractivity contribution is 0.0104. The molecule has 17 heavy (non-hydrogen) atoms. The van der Waals surface area contributed by atoms with Crippen LogP contribution in [0.15, 0.2) is 18.3 Å². The van der Waals surface area contributed by atoms with Gasteiger partial charge in [-0.25, -0.2) is 14.2 Å². The van der Waals surface area contributed by atoms with Crippen LogP contribution in [0.4, 0.5) is 15.0 Å². The molecule has 2 aliphatic heterocycles. The van der Waals surface area contributed by atoms with Gasteiger partial charge in [-0.2, -0.15) is 0 Å². The fourth-order valence-electron chi connectivity index (χ4n) is 2.60. The first kappa shape index (κ1) is 10.3. The fraction of sp³-hybridized carbons (Fsp3) is 0.455. The number of carbonyl (C=O) groups excluding carboxylic acids is 1. The van der Waals surface area contributed by atoms with Crippen LogP contribution in [0.3, 0.4) is 0 Å². The minimum Gasteiger partial charge on any atom is -0.355 e. The van der Waals surface area contributed by atoms with Crippen LogP contribution in [0.25, 0.3) is 0 Å². The van der Waals surface area contributed by atoms with Crippen molar-refractivity contribution in [3.8, 4) is 0 Å². The van der Waals surface area contributed by atoms with E-state index in [1.54, 1.807) is 11.0 Å². The Hall–Kier alpha value is -1.85. The Labute approximate surface area is 98.0 Å². The summed E-state index contributed by atoms with van der Waals surface area (Å²) in [6.45, 7) is 3.16. The summed E-state index contributed by atoms with van der Waals surface area (Å²) in [7, 11) is 0. The van der Waals surface area contributed by atoms with Gasteiger partial charge in [-0.1, -0.05) is 0 Å². The molecule has 1 spiro atoms. The van der Waals surface area contributed by atoms with Crippen molar-refractivity contribution in [2.45, 2.75) is 0 Å². The molecule has 0 saturated carbocycles. The molecule has 90 valence electrons. The van der Waals surface area contributed by atoms with Crippen LogP contribution in [0.2, 0.25) is 0 Å². The highest BCUT2D eigenvalue weighted by Gasteiger charge is 2.53. The number of primary amides is 1. The van der Waals surface area contributed by atoms with E-state index in [1.165, 1.54) is 12.3 Å². The standard InChI is InChI=1S/C11H13FN4O/c12-8-1-2-9(14-3-8)15-4-11(5-15)6-16(7-11)10(13)17/h1-3H,4-7H2,(H2,13,17). The molecule has 3 heterocycles. The number of aromatic nitrogens is 1. The van der Waals surface area contributed by atoms with E-state index in [0.29, 0.717) is 0 Å². The van der Waals surface area contributed by atoms with E-state index >= 15 is 0 Å². The maximum atomic E-state index is 12.7. The largest absolute Gasteiger partial charge is 0.355 e. The van der Waals surface area contributed by atoms with Crippen molar-refractivity contribution in [2.75, 3.05) is 31.1 Å². The van der Waals surface area contributed by atoms with E-state index in [9.17, 15) is 9.18 Å². The first-order valence-electron chi connectivity index (χ1n) is 5.49. The third kappa shape index (κ3) is 1.60. The zero-order chi connectivity index (χ0) is 12.0. The van der Waals surface area contributed by atoms with E-state index < -0.39 is 0 Å². The summed E-state index contributed by atoms with van der Waals surface area (Å²) in [5.74, 6) is 0.460. The molecule has 5 nitrogen and oxygen atoms in total. The van der Waals surface area contributed by atoms with Crippen molar-refractivity contribution in [1.29, 1.82) is 0 Å². The predicted octanol–water partition coefficient (Wildman–Crippen LogP) is 0.421. The fourth-order valence-corrected chi connectivity index (χ4v) is 2.60. The number of nitrogens with zero attached hydrogens (tertiary/aromatic N) is 3. The number of hydrogen-bond donors (Lipinski definition) is 1. The van der Waals surface area contributed by atoms with Gasteiger partial charge >= 0.3 is 6.03 Å². The lowest BCUT2D eigenvalue weighted by Gasteiger charge is -2.60. The molecule has 6 heteroatoms. The highest BCUT2D eigenvalue weighted by molar-refractivity contribution is 5.73. The van der Waals surface area contributed by atoms with Gasteiger partial charge in [0.25, 0.3) is 0 Å². The molecule has 2 fully saturated rings. The molecule has 0 aliphatic carbocycles. The maximum Gasteiger partial charge on any atom is 0.314 e. The Morgan fingerprint density at radius 2 is 2.06 bits per heavy atom. The Kier molecular flexibility index (Phi) is 2.01. The number of halogens is 1. The molecule has 3 rings (SSSR count). The second kappa shape index (κ2) is 3.32. The van der Waals surface area contributed by atoms with Crippen molar-refractivity contribution < 1.29 is 9.18 Å². The molecular formula is C11H13FN4O. The van der Waals surface area contributed by atoms with Crippen LogP contribution in [0.5, 0.6) is 0 Å². The molecule has 0 atom stereocenters. The third-order valence-corrected chi connectivity index (χ3v) is 3.45. The molecule has 0 aromatic carbocycles. The topological polar surface area (TPSA) is 62.5 Å². The lowest BCUT2D eigenvalue weighted by Crippen LogP contribution is -2.73. The Morgan fingerprint density at radius 3 is 2.59 bits per heavy atom. The first-order chi connectivity index (χ1) is 8.08. The third-order valence-electron chi connectivity index (χ3n) is 3.45. The quantitative estimate of drug-likeness (QED) is 0.768. The number of pyridine rings is 1. The lowest BCUT2D eigenvalue weighted by atomic mass is 9.73. The average Bonchev–Trinajstić information content (AvgIpc) is 2.15. The van der Waals surface area contributed by atoms with Gasteiger partial charge in [0.05, 0.1) is 6.20 Å². The summed E-state index contributed by atoms with van der Waals surface area (Å²) in [4.78, 5) is 18.6. The molecule has 2 amide bonds. The van der Waals surface area contributed by atoms with Gasteiger partial charge in [-0.3, -0.25) is 0 Å². The summed E-state index contributed by atoms with van der Waals surface area (Å²) in [5.41, 5.74) is 5.37. The van der Waals surface area contributed by atoms with Gasteiger partial charge in [-0.05, 0) is 12.1 Å². The molecular weight excluding hydrogens is 223 g/mol. The number of likely N-dealkylation sites (tertiary alicyclic amines) is 1. The van der Waals surface area contributed by atoms with Crippen molar-refractivity contribution in [3.05, 3.63) is 24.1 Å². The number of urea groups is 1. The monoisotopic (exact) mass is 236 g/mol. The minimum absolute atomic E-state index is 0.186. The molecule has 0 radical (unpaired) electrons. The van der Waals surface area contributed by atoms with Crippen LogP contribution < -0.4 is 10.6 Å². The molecule has 0 bridgehead atoms. The van der Waals surface area contributed by atoms with Crippen molar-refractivity contribution in [2.24, 2.45) is 11.1 Å². The van der Waals surface area contributed by atoms with E-state index in [0.717, 1.165) is 32.0 Å². The number of amides is 2. The number of nitrogens with two attached hydrogens (primary N) is 1.